The summed E-state index contributed by atoms with van der Waals surface area (Å²) in [5.74, 6) is -0.224. The summed E-state index contributed by atoms with van der Waals surface area (Å²) in [6.07, 6.45) is 2.39. The lowest BCUT2D eigenvalue weighted by molar-refractivity contribution is 0.0818. The maximum atomic E-state index is 12.0. The summed E-state index contributed by atoms with van der Waals surface area (Å²) >= 11 is 0. The second kappa shape index (κ2) is 4.02. The SMILES string of the molecule is O=C1c2ccc3cc4ccccc4cc3c2C=CC1O. The smallest absolute Gasteiger partial charge is 0.195 e. The first kappa shape index (κ1) is 11.4. The van der Waals surface area contributed by atoms with E-state index in [0.717, 1.165) is 21.7 Å². The Balaban J connectivity index is 2.12. The third-order valence-electron chi connectivity index (χ3n) is 3.91. The molecule has 1 aliphatic rings. The van der Waals surface area contributed by atoms with Gasteiger partial charge < -0.3 is 5.11 Å². The second-order valence-electron chi connectivity index (χ2n) is 5.12. The number of hydrogen-bond donors (Lipinski definition) is 1. The van der Waals surface area contributed by atoms with Gasteiger partial charge in [0, 0.05) is 5.56 Å². The molecular formula is C18H12O2. The molecule has 0 fully saturated rings. The fourth-order valence-electron chi connectivity index (χ4n) is 2.87. The number of benzene rings is 3. The van der Waals surface area contributed by atoms with Gasteiger partial charge in [0.25, 0.3) is 0 Å². The monoisotopic (exact) mass is 260 g/mol. The van der Waals surface area contributed by atoms with Crippen molar-refractivity contribution in [2.45, 2.75) is 6.10 Å². The Morgan fingerprint density at radius 2 is 1.65 bits per heavy atom. The molecule has 1 aliphatic carbocycles. The van der Waals surface area contributed by atoms with Gasteiger partial charge in [-0.3, -0.25) is 4.79 Å². The zero-order valence-corrected chi connectivity index (χ0v) is 10.7. The first-order chi connectivity index (χ1) is 9.74. The van der Waals surface area contributed by atoms with Crippen LogP contribution in [0.1, 0.15) is 15.9 Å². The average Bonchev–Trinajstić information content (AvgIpc) is 2.48. The van der Waals surface area contributed by atoms with Crippen LogP contribution >= 0.6 is 0 Å². The highest BCUT2D eigenvalue weighted by Gasteiger charge is 2.22. The molecule has 2 heteroatoms. The van der Waals surface area contributed by atoms with E-state index in [0.29, 0.717) is 5.56 Å². The Morgan fingerprint density at radius 1 is 0.900 bits per heavy atom. The number of carbonyl (C=O) groups excluding carboxylic acids is 1. The molecule has 1 unspecified atom stereocenters. The third kappa shape index (κ3) is 1.52. The molecule has 0 heterocycles. The first-order valence-corrected chi connectivity index (χ1v) is 6.60. The average molecular weight is 260 g/mol. The molecule has 3 aromatic carbocycles. The van der Waals surface area contributed by atoms with Gasteiger partial charge in [0.05, 0.1) is 0 Å². The quantitative estimate of drug-likeness (QED) is 0.627. The van der Waals surface area contributed by atoms with Crippen molar-refractivity contribution in [1.82, 2.24) is 0 Å². The Morgan fingerprint density at radius 3 is 2.45 bits per heavy atom. The van der Waals surface area contributed by atoms with Crippen molar-refractivity contribution >= 4 is 33.4 Å². The van der Waals surface area contributed by atoms with Crippen LogP contribution in [0.15, 0.2) is 54.6 Å². The maximum absolute atomic E-state index is 12.0. The molecule has 4 rings (SSSR count). The van der Waals surface area contributed by atoms with Crippen LogP contribution < -0.4 is 0 Å². The van der Waals surface area contributed by atoms with Crippen molar-refractivity contribution in [2.24, 2.45) is 0 Å². The molecule has 0 aromatic heterocycles. The third-order valence-corrected chi connectivity index (χ3v) is 3.91. The van der Waals surface area contributed by atoms with Crippen molar-refractivity contribution < 1.29 is 9.90 Å². The fraction of sp³-hybridized carbons (Fsp3) is 0.0556. The lowest BCUT2D eigenvalue weighted by atomic mass is 9.89. The summed E-state index contributed by atoms with van der Waals surface area (Å²) in [6.45, 7) is 0. The summed E-state index contributed by atoms with van der Waals surface area (Å²) < 4.78 is 0. The number of ketones is 1. The van der Waals surface area contributed by atoms with Gasteiger partial charge in [-0.05, 0) is 45.3 Å². The topological polar surface area (TPSA) is 37.3 Å². The van der Waals surface area contributed by atoms with E-state index >= 15 is 0 Å². The van der Waals surface area contributed by atoms with E-state index in [1.165, 1.54) is 5.39 Å². The van der Waals surface area contributed by atoms with Gasteiger partial charge in [0.1, 0.15) is 6.10 Å². The number of aliphatic hydroxyl groups excluding tert-OH is 1. The molecule has 0 saturated heterocycles. The zero-order chi connectivity index (χ0) is 13.7. The van der Waals surface area contributed by atoms with E-state index < -0.39 is 6.10 Å². The molecule has 0 saturated carbocycles. The molecule has 3 aromatic rings. The molecule has 0 amide bonds. The Labute approximate surface area is 116 Å². The van der Waals surface area contributed by atoms with E-state index in [-0.39, 0.29) is 5.78 Å². The van der Waals surface area contributed by atoms with Crippen LogP contribution in [0.5, 0.6) is 0 Å². The van der Waals surface area contributed by atoms with Gasteiger partial charge in [-0.1, -0.05) is 42.5 Å². The van der Waals surface area contributed by atoms with Crippen molar-refractivity contribution in [1.29, 1.82) is 0 Å². The highest BCUT2D eigenvalue weighted by molar-refractivity contribution is 6.12. The van der Waals surface area contributed by atoms with Gasteiger partial charge >= 0.3 is 0 Å². The first-order valence-electron chi connectivity index (χ1n) is 6.60. The van der Waals surface area contributed by atoms with Crippen LogP contribution in [-0.4, -0.2) is 17.0 Å². The number of Topliss-reactive ketones (excluding diaryl/α,β-unsaturated/α-hetero) is 1. The molecule has 0 spiro atoms. The number of rotatable bonds is 0. The molecular weight excluding hydrogens is 248 g/mol. The molecule has 1 atom stereocenters. The minimum Gasteiger partial charge on any atom is -0.381 e. The Hall–Kier alpha value is -2.45. The van der Waals surface area contributed by atoms with E-state index in [9.17, 15) is 9.90 Å². The van der Waals surface area contributed by atoms with Crippen LogP contribution in [0.3, 0.4) is 0 Å². The lowest BCUT2D eigenvalue weighted by Gasteiger charge is -2.16. The number of carbonyl (C=O) groups is 1. The van der Waals surface area contributed by atoms with Gasteiger partial charge in [-0.15, -0.1) is 0 Å². The number of hydrogen-bond acceptors (Lipinski definition) is 2. The van der Waals surface area contributed by atoms with Gasteiger partial charge in [0.2, 0.25) is 0 Å². The highest BCUT2D eigenvalue weighted by Crippen LogP contribution is 2.31. The molecule has 1 N–H and O–H groups in total. The van der Waals surface area contributed by atoms with Crippen LogP contribution in [0.25, 0.3) is 27.6 Å². The van der Waals surface area contributed by atoms with Gasteiger partial charge in [0.15, 0.2) is 5.78 Å². The van der Waals surface area contributed by atoms with Crippen molar-refractivity contribution in [3.05, 3.63) is 65.7 Å². The molecule has 96 valence electrons. The summed E-state index contributed by atoms with van der Waals surface area (Å²) in [5.41, 5.74) is 1.51. The number of aliphatic hydroxyl groups is 1. The maximum Gasteiger partial charge on any atom is 0.195 e. The lowest BCUT2D eigenvalue weighted by Crippen LogP contribution is -2.21. The largest absolute Gasteiger partial charge is 0.381 e. The Kier molecular flexibility index (Phi) is 2.29. The van der Waals surface area contributed by atoms with Crippen LogP contribution in [-0.2, 0) is 0 Å². The van der Waals surface area contributed by atoms with E-state index in [2.05, 4.69) is 24.3 Å². The minimum atomic E-state index is -1.01. The zero-order valence-electron chi connectivity index (χ0n) is 10.7. The number of fused-ring (bicyclic) bond motifs is 4. The van der Waals surface area contributed by atoms with Gasteiger partial charge in [-0.2, -0.15) is 0 Å². The van der Waals surface area contributed by atoms with Crippen LogP contribution in [0.2, 0.25) is 0 Å². The second-order valence-corrected chi connectivity index (χ2v) is 5.12. The fourth-order valence-corrected chi connectivity index (χ4v) is 2.87. The van der Waals surface area contributed by atoms with E-state index in [4.69, 9.17) is 0 Å². The van der Waals surface area contributed by atoms with Crippen LogP contribution in [0.4, 0.5) is 0 Å². The summed E-state index contributed by atoms with van der Waals surface area (Å²) in [5, 5.41) is 14.1. The summed E-state index contributed by atoms with van der Waals surface area (Å²) in [4.78, 5) is 12.0. The molecule has 2 nitrogen and oxygen atoms in total. The minimum absolute atomic E-state index is 0.224. The van der Waals surface area contributed by atoms with Crippen molar-refractivity contribution in [3.8, 4) is 0 Å². The normalized spacial score (nSPS) is 17.6. The van der Waals surface area contributed by atoms with E-state index in [1.54, 1.807) is 6.08 Å². The van der Waals surface area contributed by atoms with Crippen LogP contribution in [0, 0.1) is 0 Å². The predicted molar refractivity (Wildman–Crippen MR) is 80.8 cm³/mol. The Bertz CT molecular complexity index is 890. The summed E-state index contributed by atoms with van der Waals surface area (Å²) in [7, 11) is 0. The van der Waals surface area contributed by atoms with Crippen molar-refractivity contribution in [3.63, 3.8) is 0 Å². The molecule has 0 bridgehead atoms. The molecule has 0 aliphatic heterocycles. The van der Waals surface area contributed by atoms with E-state index in [1.807, 2.05) is 30.3 Å². The summed E-state index contributed by atoms with van der Waals surface area (Å²) in [6, 6.07) is 16.2. The molecule has 20 heavy (non-hydrogen) atoms. The highest BCUT2D eigenvalue weighted by atomic mass is 16.3. The van der Waals surface area contributed by atoms with Gasteiger partial charge in [-0.25, -0.2) is 0 Å². The standard InChI is InChI=1S/C18H12O2/c19-17-8-7-14-15(18(17)20)6-5-13-9-11-3-1-2-4-12(11)10-16(13)14/h1-10,17,19H. The predicted octanol–water partition coefficient (Wildman–Crippen LogP) is 3.56. The van der Waals surface area contributed by atoms with Crippen molar-refractivity contribution in [2.75, 3.05) is 0 Å². The molecule has 0 radical (unpaired) electrons.